The number of anilines is 1. The Morgan fingerprint density at radius 3 is 2.61 bits per heavy atom. The van der Waals surface area contributed by atoms with Crippen LogP contribution in [0.5, 0.6) is 0 Å². The van der Waals surface area contributed by atoms with Crippen molar-refractivity contribution in [3.63, 3.8) is 0 Å². The zero-order valence-corrected chi connectivity index (χ0v) is 14.0. The molecule has 2 rings (SSSR count). The monoisotopic (exact) mass is 320 g/mol. The summed E-state index contributed by atoms with van der Waals surface area (Å²) in [6.45, 7) is 9.23. The number of rotatable bonds is 3. The van der Waals surface area contributed by atoms with Crippen molar-refractivity contribution >= 4 is 17.6 Å². The SMILES string of the molecule is Cc1cc(N2CCNCC2C(=O)OC(C)(C)C)ccc1C(=O)O. The second-order valence-corrected chi connectivity index (χ2v) is 6.75. The summed E-state index contributed by atoms with van der Waals surface area (Å²) in [6.07, 6.45) is 0. The van der Waals surface area contributed by atoms with Crippen molar-refractivity contribution in [1.82, 2.24) is 5.32 Å². The van der Waals surface area contributed by atoms with E-state index in [1.165, 1.54) is 0 Å². The van der Waals surface area contributed by atoms with E-state index in [2.05, 4.69) is 5.32 Å². The lowest BCUT2D eigenvalue weighted by Gasteiger charge is -2.37. The molecule has 1 fully saturated rings. The van der Waals surface area contributed by atoms with E-state index >= 15 is 0 Å². The topological polar surface area (TPSA) is 78.9 Å². The van der Waals surface area contributed by atoms with E-state index in [-0.39, 0.29) is 11.5 Å². The molecule has 1 aliphatic heterocycles. The van der Waals surface area contributed by atoms with Gasteiger partial charge in [0.1, 0.15) is 11.6 Å². The zero-order valence-electron chi connectivity index (χ0n) is 14.0. The Labute approximate surface area is 136 Å². The molecule has 0 aliphatic carbocycles. The number of aromatic carboxylic acids is 1. The number of esters is 1. The molecule has 1 aliphatic rings. The molecule has 6 nitrogen and oxygen atoms in total. The molecule has 1 atom stereocenters. The second kappa shape index (κ2) is 6.58. The molecule has 23 heavy (non-hydrogen) atoms. The Kier molecular flexibility index (Phi) is 4.94. The van der Waals surface area contributed by atoms with Gasteiger partial charge in [-0.2, -0.15) is 0 Å². The molecule has 0 spiro atoms. The quantitative estimate of drug-likeness (QED) is 0.827. The molecule has 0 aromatic heterocycles. The molecular weight excluding hydrogens is 296 g/mol. The van der Waals surface area contributed by atoms with Crippen LogP contribution in [0, 0.1) is 6.92 Å². The molecule has 1 unspecified atom stereocenters. The van der Waals surface area contributed by atoms with E-state index in [9.17, 15) is 9.59 Å². The van der Waals surface area contributed by atoms with Crippen molar-refractivity contribution in [2.45, 2.75) is 39.3 Å². The standard InChI is InChI=1S/C17H24N2O4/c1-11-9-12(5-6-13(11)15(20)21)19-8-7-18-10-14(19)16(22)23-17(2,3)4/h5-6,9,14,18H,7-8,10H2,1-4H3,(H,20,21). The number of ether oxygens (including phenoxy) is 1. The minimum Gasteiger partial charge on any atom is -0.478 e. The minimum atomic E-state index is -0.946. The van der Waals surface area contributed by atoms with E-state index in [0.717, 1.165) is 12.2 Å². The molecule has 0 radical (unpaired) electrons. The van der Waals surface area contributed by atoms with Gasteiger partial charge in [0.2, 0.25) is 0 Å². The lowest BCUT2D eigenvalue weighted by Crippen LogP contribution is -2.56. The van der Waals surface area contributed by atoms with Crippen LogP contribution >= 0.6 is 0 Å². The van der Waals surface area contributed by atoms with Gasteiger partial charge in [-0.3, -0.25) is 0 Å². The average molecular weight is 320 g/mol. The van der Waals surface area contributed by atoms with E-state index in [0.29, 0.717) is 18.7 Å². The number of benzene rings is 1. The third kappa shape index (κ3) is 4.22. The summed E-state index contributed by atoms with van der Waals surface area (Å²) in [5.41, 5.74) is 1.25. The van der Waals surface area contributed by atoms with Crippen LogP contribution in [0.4, 0.5) is 5.69 Å². The number of carboxylic acids is 1. The zero-order chi connectivity index (χ0) is 17.2. The first-order valence-corrected chi connectivity index (χ1v) is 7.73. The molecule has 0 saturated carbocycles. The first kappa shape index (κ1) is 17.3. The molecular formula is C17H24N2O4. The van der Waals surface area contributed by atoms with Crippen molar-refractivity contribution in [2.24, 2.45) is 0 Å². The van der Waals surface area contributed by atoms with Gasteiger partial charge in [-0.15, -0.1) is 0 Å². The summed E-state index contributed by atoms with van der Waals surface area (Å²) >= 11 is 0. The number of hydrogen-bond acceptors (Lipinski definition) is 5. The third-order valence-corrected chi connectivity index (χ3v) is 3.69. The van der Waals surface area contributed by atoms with E-state index in [1.807, 2.05) is 31.7 Å². The lowest BCUT2D eigenvalue weighted by atomic mass is 10.1. The molecule has 1 aromatic rings. The number of carbonyl (C=O) groups excluding carboxylic acids is 1. The largest absolute Gasteiger partial charge is 0.478 e. The Balaban J connectivity index is 2.26. The maximum atomic E-state index is 12.5. The highest BCUT2D eigenvalue weighted by Gasteiger charge is 2.32. The van der Waals surface area contributed by atoms with Crippen molar-refractivity contribution in [3.05, 3.63) is 29.3 Å². The van der Waals surface area contributed by atoms with Crippen molar-refractivity contribution in [1.29, 1.82) is 0 Å². The summed E-state index contributed by atoms with van der Waals surface area (Å²) in [5, 5.41) is 12.3. The first-order valence-electron chi connectivity index (χ1n) is 7.73. The first-order chi connectivity index (χ1) is 10.7. The third-order valence-electron chi connectivity index (χ3n) is 3.69. The molecule has 0 bridgehead atoms. The predicted octanol–water partition coefficient (Wildman–Crippen LogP) is 1.81. The Hall–Kier alpha value is -2.08. The average Bonchev–Trinajstić information content (AvgIpc) is 2.45. The Bertz CT molecular complexity index is 607. The van der Waals surface area contributed by atoms with Crippen LogP contribution < -0.4 is 10.2 Å². The van der Waals surface area contributed by atoms with Gasteiger partial charge >= 0.3 is 11.9 Å². The number of nitrogens with zero attached hydrogens (tertiary/aromatic N) is 1. The van der Waals surface area contributed by atoms with Gasteiger partial charge in [0, 0.05) is 25.3 Å². The number of piperazine rings is 1. The van der Waals surface area contributed by atoms with Crippen LogP contribution in [0.3, 0.4) is 0 Å². The number of carbonyl (C=O) groups is 2. The fraction of sp³-hybridized carbons (Fsp3) is 0.529. The van der Waals surface area contributed by atoms with Crippen LogP contribution in [0.2, 0.25) is 0 Å². The molecule has 1 saturated heterocycles. The van der Waals surface area contributed by atoms with Crippen LogP contribution in [0.1, 0.15) is 36.7 Å². The Morgan fingerprint density at radius 1 is 1.35 bits per heavy atom. The molecule has 0 amide bonds. The van der Waals surface area contributed by atoms with Gasteiger partial charge in [0.15, 0.2) is 0 Å². The van der Waals surface area contributed by atoms with Gasteiger partial charge in [-0.1, -0.05) is 0 Å². The van der Waals surface area contributed by atoms with Crippen LogP contribution in [-0.2, 0) is 9.53 Å². The highest BCUT2D eigenvalue weighted by molar-refractivity contribution is 5.90. The Morgan fingerprint density at radius 2 is 2.04 bits per heavy atom. The number of nitrogens with one attached hydrogen (secondary N) is 1. The van der Waals surface area contributed by atoms with Crippen LogP contribution in [0.15, 0.2) is 18.2 Å². The smallest absolute Gasteiger partial charge is 0.335 e. The summed E-state index contributed by atoms with van der Waals surface area (Å²) in [7, 11) is 0. The van der Waals surface area contributed by atoms with Crippen molar-refractivity contribution in [3.8, 4) is 0 Å². The fourth-order valence-corrected chi connectivity index (χ4v) is 2.66. The van der Waals surface area contributed by atoms with Crippen molar-refractivity contribution in [2.75, 3.05) is 24.5 Å². The summed E-state index contributed by atoms with van der Waals surface area (Å²) in [4.78, 5) is 25.6. The molecule has 126 valence electrons. The van der Waals surface area contributed by atoms with E-state index in [4.69, 9.17) is 9.84 Å². The predicted molar refractivity (Wildman–Crippen MR) is 88.0 cm³/mol. The second-order valence-electron chi connectivity index (χ2n) is 6.75. The van der Waals surface area contributed by atoms with Crippen LogP contribution in [-0.4, -0.2) is 48.3 Å². The van der Waals surface area contributed by atoms with E-state index < -0.39 is 17.6 Å². The van der Waals surface area contributed by atoms with Crippen LogP contribution in [0.25, 0.3) is 0 Å². The maximum absolute atomic E-state index is 12.5. The summed E-state index contributed by atoms with van der Waals surface area (Å²) in [6, 6.07) is 4.73. The van der Waals surface area contributed by atoms with Gasteiger partial charge in [0.25, 0.3) is 0 Å². The summed E-state index contributed by atoms with van der Waals surface area (Å²) < 4.78 is 5.51. The molecule has 6 heteroatoms. The van der Waals surface area contributed by atoms with Gasteiger partial charge in [-0.25, -0.2) is 9.59 Å². The number of hydrogen-bond donors (Lipinski definition) is 2. The molecule has 1 heterocycles. The lowest BCUT2D eigenvalue weighted by molar-refractivity contribution is -0.156. The number of aryl methyl sites for hydroxylation is 1. The minimum absolute atomic E-state index is 0.273. The van der Waals surface area contributed by atoms with Crippen molar-refractivity contribution < 1.29 is 19.4 Å². The maximum Gasteiger partial charge on any atom is 0.335 e. The van der Waals surface area contributed by atoms with Gasteiger partial charge in [-0.05, 0) is 51.5 Å². The fourth-order valence-electron chi connectivity index (χ4n) is 2.66. The normalized spacial score (nSPS) is 18.6. The molecule has 2 N–H and O–H groups in total. The van der Waals surface area contributed by atoms with Gasteiger partial charge in [0.05, 0.1) is 5.56 Å². The highest BCUT2D eigenvalue weighted by atomic mass is 16.6. The summed E-state index contributed by atoms with van der Waals surface area (Å²) in [5.74, 6) is -1.22. The van der Waals surface area contributed by atoms with Gasteiger partial charge < -0.3 is 20.1 Å². The number of carboxylic acid groups (broad SMARTS) is 1. The molecule has 1 aromatic carbocycles. The highest BCUT2D eigenvalue weighted by Crippen LogP contribution is 2.23. The van der Waals surface area contributed by atoms with E-state index in [1.54, 1.807) is 19.1 Å².